The molecule has 6 heteroatoms. The van der Waals surface area contributed by atoms with E-state index in [9.17, 15) is 8.42 Å². The Balaban J connectivity index is 3.29. The molecule has 0 spiro atoms. The van der Waals surface area contributed by atoms with Crippen LogP contribution in [0.1, 0.15) is 11.6 Å². The maximum Gasteiger partial charge on any atom is 0.177 e. The number of benzene rings is 1. The molecule has 5 N–H and O–H groups in total. The molecule has 0 radical (unpaired) electrons. The largest absolute Gasteiger partial charge is 0.398 e. The predicted octanol–water partition coefficient (Wildman–Crippen LogP) is -0.336. The molecule has 0 aliphatic heterocycles. The first-order valence-corrected chi connectivity index (χ1v) is 6.21. The minimum Gasteiger partial charge on any atom is -0.398 e. The summed E-state index contributed by atoms with van der Waals surface area (Å²) in [5, 5.41) is 8.85. The second-order valence-corrected chi connectivity index (χ2v) is 5.34. The van der Waals surface area contributed by atoms with Gasteiger partial charge in [-0.05, 0) is 17.7 Å². The van der Waals surface area contributed by atoms with Crippen LogP contribution >= 0.6 is 0 Å². The topological polar surface area (TPSA) is 106 Å². The standard InChI is InChI=1S/C9H14N2O3S/c1-15(13,14)9-4-6(8(11)5-12)2-3-7(9)10/h2-4,8,12H,5,10-11H2,1H3. The number of nitrogen functional groups attached to an aromatic ring is 1. The maximum atomic E-state index is 11.3. The normalized spacial score (nSPS) is 13.8. The van der Waals surface area contributed by atoms with E-state index < -0.39 is 15.9 Å². The zero-order valence-corrected chi connectivity index (χ0v) is 9.16. The summed E-state index contributed by atoms with van der Waals surface area (Å²) < 4.78 is 22.7. The Morgan fingerprint density at radius 3 is 2.53 bits per heavy atom. The minimum atomic E-state index is -3.36. The van der Waals surface area contributed by atoms with Crippen LogP contribution < -0.4 is 11.5 Å². The second kappa shape index (κ2) is 4.18. The lowest BCUT2D eigenvalue weighted by molar-refractivity contribution is 0.268. The first kappa shape index (κ1) is 12.0. The monoisotopic (exact) mass is 230 g/mol. The molecule has 1 atom stereocenters. The van der Waals surface area contributed by atoms with Crippen molar-refractivity contribution in [3.05, 3.63) is 23.8 Å². The summed E-state index contributed by atoms with van der Waals surface area (Å²) in [5.74, 6) is 0. The SMILES string of the molecule is CS(=O)(=O)c1cc(C(N)CO)ccc1N. The Bertz CT molecular complexity index is 456. The molecule has 1 unspecified atom stereocenters. The zero-order chi connectivity index (χ0) is 11.6. The highest BCUT2D eigenvalue weighted by Crippen LogP contribution is 2.22. The van der Waals surface area contributed by atoms with E-state index in [-0.39, 0.29) is 17.2 Å². The fourth-order valence-electron chi connectivity index (χ4n) is 1.21. The molecule has 0 saturated heterocycles. The van der Waals surface area contributed by atoms with Crippen LogP contribution in [0.4, 0.5) is 5.69 Å². The van der Waals surface area contributed by atoms with Gasteiger partial charge in [0.25, 0.3) is 0 Å². The third-order valence-corrected chi connectivity index (χ3v) is 3.21. The minimum absolute atomic E-state index is 0.0453. The van der Waals surface area contributed by atoms with Gasteiger partial charge in [-0.15, -0.1) is 0 Å². The molecule has 0 aromatic heterocycles. The molecule has 1 aromatic carbocycles. The number of hydrogen-bond acceptors (Lipinski definition) is 5. The lowest BCUT2D eigenvalue weighted by atomic mass is 10.1. The Kier molecular flexibility index (Phi) is 3.33. The van der Waals surface area contributed by atoms with Gasteiger partial charge in [-0.25, -0.2) is 8.42 Å². The molecular formula is C9H14N2O3S. The van der Waals surface area contributed by atoms with Gasteiger partial charge in [0, 0.05) is 6.26 Å². The molecule has 1 aromatic rings. The van der Waals surface area contributed by atoms with Crippen molar-refractivity contribution in [1.29, 1.82) is 0 Å². The molecule has 5 nitrogen and oxygen atoms in total. The van der Waals surface area contributed by atoms with Crippen LogP contribution in [0.25, 0.3) is 0 Å². The van der Waals surface area contributed by atoms with Crippen LogP contribution in [-0.2, 0) is 9.84 Å². The third kappa shape index (κ3) is 2.68. The van der Waals surface area contributed by atoms with Crippen molar-refractivity contribution in [1.82, 2.24) is 0 Å². The van der Waals surface area contributed by atoms with Crippen molar-refractivity contribution in [3.8, 4) is 0 Å². The Labute approximate surface area is 88.6 Å². The maximum absolute atomic E-state index is 11.3. The van der Waals surface area contributed by atoms with Gasteiger partial charge >= 0.3 is 0 Å². The first-order chi connectivity index (χ1) is 6.86. The van der Waals surface area contributed by atoms with E-state index in [0.717, 1.165) is 6.26 Å². The van der Waals surface area contributed by atoms with E-state index in [1.807, 2.05) is 0 Å². The van der Waals surface area contributed by atoms with Crippen LogP contribution in [0.5, 0.6) is 0 Å². The van der Waals surface area contributed by atoms with Gasteiger partial charge in [-0.3, -0.25) is 0 Å². The molecule has 0 aliphatic carbocycles. The van der Waals surface area contributed by atoms with Gasteiger partial charge in [0.15, 0.2) is 9.84 Å². The number of aliphatic hydroxyl groups excluding tert-OH is 1. The zero-order valence-electron chi connectivity index (χ0n) is 8.34. The van der Waals surface area contributed by atoms with Crippen LogP contribution in [0.15, 0.2) is 23.1 Å². The molecule has 84 valence electrons. The van der Waals surface area contributed by atoms with Crippen LogP contribution in [-0.4, -0.2) is 26.4 Å². The average molecular weight is 230 g/mol. The summed E-state index contributed by atoms with van der Waals surface area (Å²) in [7, 11) is -3.36. The number of rotatable bonds is 3. The quantitative estimate of drug-likeness (QED) is 0.616. The molecule has 0 bridgehead atoms. The third-order valence-electron chi connectivity index (χ3n) is 2.06. The molecule has 0 amide bonds. The van der Waals surface area contributed by atoms with Gasteiger partial charge in [-0.1, -0.05) is 6.07 Å². The summed E-state index contributed by atoms with van der Waals surface area (Å²) in [6, 6.07) is 3.88. The van der Waals surface area contributed by atoms with E-state index in [2.05, 4.69) is 0 Å². The molecule has 0 heterocycles. The lowest BCUT2D eigenvalue weighted by Gasteiger charge is -2.11. The number of sulfone groups is 1. The van der Waals surface area contributed by atoms with E-state index >= 15 is 0 Å². The molecule has 15 heavy (non-hydrogen) atoms. The van der Waals surface area contributed by atoms with Crippen molar-refractivity contribution in [2.75, 3.05) is 18.6 Å². The molecule has 1 rings (SSSR count). The highest BCUT2D eigenvalue weighted by molar-refractivity contribution is 7.90. The second-order valence-electron chi connectivity index (χ2n) is 3.36. The van der Waals surface area contributed by atoms with Gasteiger partial charge < -0.3 is 16.6 Å². The number of nitrogens with two attached hydrogens (primary N) is 2. The Hall–Kier alpha value is -1.11. The van der Waals surface area contributed by atoms with Gasteiger partial charge in [0.2, 0.25) is 0 Å². The fraction of sp³-hybridized carbons (Fsp3) is 0.333. The van der Waals surface area contributed by atoms with Crippen LogP contribution in [0.2, 0.25) is 0 Å². The lowest BCUT2D eigenvalue weighted by Crippen LogP contribution is -2.15. The number of hydrogen-bond donors (Lipinski definition) is 3. The Morgan fingerprint density at radius 2 is 2.07 bits per heavy atom. The van der Waals surface area contributed by atoms with E-state index in [0.29, 0.717) is 5.56 Å². The van der Waals surface area contributed by atoms with Crippen molar-refractivity contribution >= 4 is 15.5 Å². The smallest absolute Gasteiger partial charge is 0.177 e. The summed E-state index contributed by atoms with van der Waals surface area (Å²) >= 11 is 0. The van der Waals surface area contributed by atoms with Crippen molar-refractivity contribution < 1.29 is 13.5 Å². The van der Waals surface area contributed by atoms with E-state index in [4.69, 9.17) is 16.6 Å². The highest BCUT2D eigenvalue weighted by Gasteiger charge is 2.14. The summed E-state index contributed by atoms with van der Waals surface area (Å²) in [6.07, 6.45) is 1.08. The van der Waals surface area contributed by atoms with Crippen molar-refractivity contribution in [2.45, 2.75) is 10.9 Å². The number of aliphatic hydroxyl groups is 1. The van der Waals surface area contributed by atoms with E-state index in [1.165, 1.54) is 12.1 Å². The first-order valence-electron chi connectivity index (χ1n) is 4.32. The van der Waals surface area contributed by atoms with Gasteiger partial charge in [-0.2, -0.15) is 0 Å². The van der Waals surface area contributed by atoms with E-state index in [1.54, 1.807) is 6.07 Å². The molecule has 0 aliphatic rings. The van der Waals surface area contributed by atoms with Crippen molar-refractivity contribution in [3.63, 3.8) is 0 Å². The molecule has 0 saturated carbocycles. The summed E-state index contributed by atoms with van der Waals surface area (Å²) in [4.78, 5) is 0.0453. The van der Waals surface area contributed by atoms with Crippen LogP contribution in [0, 0.1) is 0 Å². The molecular weight excluding hydrogens is 216 g/mol. The van der Waals surface area contributed by atoms with Crippen LogP contribution in [0.3, 0.4) is 0 Å². The average Bonchev–Trinajstić information content (AvgIpc) is 2.15. The highest BCUT2D eigenvalue weighted by atomic mass is 32.2. The van der Waals surface area contributed by atoms with Gasteiger partial charge in [0.1, 0.15) is 0 Å². The summed E-state index contributed by atoms with van der Waals surface area (Å²) in [5.41, 5.74) is 11.8. The fourth-order valence-corrected chi connectivity index (χ4v) is 2.05. The van der Waals surface area contributed by atoms with Crippen molar-refractivity contribution in [2.24, 2.45) is 5.73 Å². The predicted molar refractivity (Wildman–Crippen MR) is 58.0 cm³/mol. The summed E-state index contributed by atoms with van der Waals surface area (Å²) in [6.45, 7) is -0.243. The molecule has 0 fully saturated rings. The Morgan fingerprint density at radius 1 is 1.47 bits per heavy atom. The number of anilines is 1. The van der Waals surface area contributed by atoms with Gasteiger partial charge in [0.05, 0.1) is 23.2 Å².